The molecular formula is C65H129NO4. The molecule has 0 aromatic carbocycles. The van der Waals surface area contributed by atoms with Gasteiger partial charge in [-0.1, -0.05) is 347 Å². The van der Waals surface area contributed by atoms with Crippen LogP contribution in [0.4, 0.5) is 0 Å². The summed E-state index contributed by atoms with van der Waals surface area (Å²) in [4.78, 5) is 12.6. The third-order valence-corrected chi connectivity index (χ3v) is 15.6. The first-order valence-corrected chi connectivity index (χ1v) is 32.5. The van der Waals surface area contributed by atoms with Gasteiger partial charge in [0.2, 0.25) is 5.91 Å². The molecule has 0 heterocycles. The quantitative estimate of drug-likeness (QED) is 0.0361. The van der Waals surface area contributed by atoms with E-state index in [-0.39, 0.29) is 6.61 Å². The van der Waals surface area contributed by atoms with Gasteiger partial charge in [0.1, 0.15) is 6.10 Å². The summed E-state index contributed by atoms with van der Waals surface area (Å²) in [6, 6.07) is -0.710. The Hall–Kier alpha value is -0.910. The summed E-state index contributed by atoms with van der Waals surface area (Å²) < 4.78 is 0. The molecule has 0 rings (SSSR count). The van der Waals surface area contributed by atoms with E-state index in [1.165, 1.54) is 315 Å². The molecule has 70 heavy (non-hydrogen) atoms. The summed E-state index contributed by atoms with van der Waals surface area (Å²) in [6.45, 7) is 4.29. The van der Waals surface area contributed by atoms with Gasteiger partial charge in [0.05, 0.1) is 18.8 Å². The topological polar surface area (TPSA) is 89.8 Å². The normalized spacial score (nSPS) is 13.2. The number of carbonyl (C=O) groups is 1. The average Bonchev–Trinajstić information content (AvgIpc) is 3.36. The highest BCUT2D eigenvalue weighted by atomic mass is 16.3. The van der Waals surface area contributed by atoms with Crippen molar-refractivity contribution < 1.29 is 20.1 Å². The standard InChI is InChI=1S/C65H129NO4/c1-3-5-7-9-11-13-15-17-19-21-23-25-27-29-30-31-32-33-34-36-38-40-42-44-46-48-50-52-54-56-58-60-64(69)65(70)66-62(61-67)63(68)59-57-55-53-51-49-47-45-43-41-39-37-35-28-26-24-22-20-18-16-14-12-10-8-6-4-2/h29-30,62-64,67-69H,3-28,31-61H2,1-2H3,(H,66,70)/b30-29-. The molecular weight excluding hydrogens is 859 g/mol. The minimum Gasteiger partial charge on any atom is -0.394 e. The second-order valence-electron chi connectivity index (χ2n) is 22.7. The van der Waals surface area contributed by atoms with Crippen molar-refractivity contribution in [3.05, 3.63) is 12.2 Å². The SMILES string of the molecule is CCCCCCCCCCCCCC/C=C\CCCCCCCCCCCCCCCCCC(O)C(=O)NC(CO)C(O)CCCCCCCCCCCCCCCCCCCCCCCCCCC. The fraction of sp³-hybridized carbons (Fsp3) is 0.954. The Morgan fingerprint density at radius 3 is 0.786 bits per heavy atom. The highest BCUT2D eigenvalue weighted by Gasteiger charge is 2.23. The maximum Gasteiger partial charge on any atom is 0.249 e. The van der Waals surface area contributed by atoms with Gasteiger partial charge in [-0.05, 0) is 38.5 Å². The number of hydrogen-bond donors (Lipinski definition) is 4. The van der Waals surface area contributed by atoms with E-state index < -0.39 is 24.2 Å². The first-order valence-electron chi connectivity index (χ1n) is 32.5. The first-order chi connectivity index (χ1) is 34.6. The van der Waals surface area contributed by atoms with E-state index in [0.29, 0.717) is 12.8 Å². The molecule has 0 aliphatic heterocycles. The van der Waals surface area contributed by atoms with Crippen molar-refractivity contribution in [2.75, 3.05) is 6.61 Å². The summed E-state index contributed by atoms with van der Waals surface area (Å²) in [5.41, 5.74) is 0. The summed E-state index contributed by atoms with van der Waals surface area (Å²) in [5.74, 6) is -0.462. The van der Waals surface area contributed by atoms with Crippen molar-refractivity contribution in [1.82, 2.24) is 5.32 Å². The minimum absolute atomic E-state index is 0.309. The van der Waals surface area contributed by atoms with Gasteiger partial charge in [0.15, 0.2) is 0 Å². The van der Waals surface area contributed by atoms with E-state index in [9.17, 15) is 20.1 Å². The number of carbonyl (C=O) groups excluding carboxylic acids is 1. The zero-order valence-corrected chi connectivity index (χ0v) is 47.9. The van der Waals surface area contributed by atoms with Gasteiger partial charge in [0.25, 0.3) is 0 Å². The van der Waals surface area contributed by atoms with Crippen molar-refractivity contribution in [2.45, 2.75) is 392 Å². The van der Waals surface area contributed by atoms with Crippen LogP contribution in [-0.2, 0) is 4.79 Å². The van der Waals surface area contributed by atoms with E-state index in [1.807, 2.05) is 0 Å². The maximum absolute atomic E-state index is 12.6. The molecule has 0 bridgehead atoms. The highest BCUT2D eigenvalue weighted by Crippen LogP contribution is 2.19. The highest BCUT2D eigenvalue weighted by molar-refractivity contribution is 5.80. The summed E-state index contributed by atoms with van der Waals surface area (Å²) >= 11 is 0. The van der Waals surface area contributed by atoms with Crippen LogP contribution in [0.2, 0.25) is 0 Å². The van der Waals surface area contributed by atoms with Crippen LogP contribution < -0.4 is 5.32 Å². The van der Waals surface area contributed by atoms with Gasteiger partial charge in [-0.2, -0.15) is 0 Å². The van der Waals surface area contributed by atoms with Gasteiger partial charge < -0.3 is 20.6 Å². The van der Waals surface area contributed by atoms with Crippen molar-refractivity contribution >= 4 is 5.91 Å². The van der Waals surface area contributed by atoms with Gasteiger partial charge in [-0.25, -0.2) is 0 Å². The number of hydrogen-bond acceptors (Lipinski definition) is 4. The third kappa shape index (κ3) is 54.9. The second-order valence-corrected chi connectivity index (χ2v) is 22.7. The number of unbranched alkanes of at least 4 members (excludes halogenated alkanes) is 51. The molecule has 418 valence electrons. The van der Waals surface area contributed by atoms with Gasteiger partial charge in [-0.3, -0.25) is 4.79 Å². The molecule has 5 heteroatoms. The maximum atomic E-state index is 12.6. The lowest BCUT2D eigenvalue weighted by Crippen LogP contribution is -2.49. The number of allylic oxidation sites excluding steroid dienone is 2. The van der Waals surface area contributed by atoms with Crippen molar-refractivity contribution in [2.24, 2.45) is 0 Å². The second kappa shape index (κ2) is 60.6. The Labute approximate surface area is 440 Å². The van der Waals surface area contributed by atoms with Crippen LogP contribution in [0.5, 0.6) is 0 Å². The van der Waals surface area contributed by atoms with Crippen molar-refractivity contribution in [3.8, 4) is 0 Å². The van der Waals surface area contributed by atoms with Gasteiger partial charge >= 0.3 is 0 Å². The van der Waals surface area contributed by atoms with E-state index >= 15 is 0 Å². The molecule has 3 unspecified atom stereocenters. The lowest BCUT2D eigenvalue weighted by atomic mass is 10.0. The third-order valence-electron chi connectivity index (χ3n) is 15.6. The Balaban J connectivity index is 3.47. The molecule has 0 aliphatic rings. The molecule has 0 aliphatic carbocycles. The molecule has 3 atom stereocenters. The zero-order valence-electron chi connectivity index (χ0n) is 47.9. The van der Waals surface area contributed by atoms with Crippen molar-refractivity contribution in [1.29, 1.82) is 0 Å². The Kier molecular flexibility index (Phi) is 59.9. The largest absolute Gasteiger partial charge is 0.394 e. The fourth-order valence-corrected chi connectivity index (χ4v) is 10.6. The molecule has 0 aromatic heterocycles. The number of nitrogens with one attached hydrogen (secondary N) is 1. The average molecular weight is 989 g/mol. The summed E-state index contributed by atoms with van der Waals surface area (Å²) in [6.07, 6.45) is 77.3. The Morgan fingerprint density at radius 1 is 0.329 bits per heavy atom. The smallest absolute Gasteiger partial charge is 0.249 e. The fourth-order valence-electron chi connectivity index (χ4n) is 10.6. The predicted molar refractivity (Wildman–Crippen MR) is 310 cm³/mol. The van der Waals surface area contributed by atoms with Crippen LogP contribution in [-0.4, -0.2) is 46.1 Å². The van der Waals surface area contributed by atoms with Crippen LogP contribution in [0, 0.1) is 0 Å². The Bertz CT molecular complexity index is 1000. The molecule has 0 radical (unpaired) electrons. The summed E-state index contributed by atoms with van der Waals surface area (Å²) in [5, 5.41) is 33.7. The molecule has 0 aromatic rings. The first kappa shape index (κ1) is 69.1. The van der Waals surface area contributed by atoms with E-state index in [1.54, 1.807) is 0 Å². The molecule has 5 nitrogen and oxygen atoms in total. The Morgan fingerprint density at radius 2 is 0.543 bits per heavy atom. The monoisotopic (exact) mass is 988 g/mol. The van der Waals surface area contributed by atoms with E-state index in [4.69, 9.17) is 0 Å². The van der Waals surface area contributed by atoms with Crippen LogP contribution in [0.15, 0.2) is 12.2 Å². The zero-order chi connectivity index (χ0) is 50.7. The van der Waals surface area contributed by atoms with E-state index in [2.05, 4.69) is 31.3 Å². The van der Waals surface area contributed by atoms with Gasteiger partial charge in [-0.15, -0.1) is 0 Å². The van der Waals surface area contributed by atoms with Crippen LogP contribution in [0.3, 0.4) is 0 Å². The molecule has 0 spiro atoms. The lowest BCUT2D eigenvalue weighted by Gasteiger charge is -2.23. The van der Waals surface area contributed by atoms with Crippen LogP contribution in [0.25, 0.3) is 0 Å². The minimum atomic E-state index is -1.07. The van der Waals surface area contributed by atoms with Gasteiger partial charge in [0, 0.05) is 0 Å². The molecule has 4 N–H and O–H groups in total. The molecule has 0 fully saturated rings. The van der Waals surface area contributed by atoms with Crippen LogP contribution >= 0.6 is 0 Å². The number of amides is 1. The number of aliphatic hydroxyl groups is 3. The summed E-state index contributed by atoms with van der Waals surface area (Å²) in [7, 11) is 0. The predicted octanol–water partition coefficient (Wildman–Crippen LogP) is 20.6. The van der Waals surface area contributed by atoms with Crippen molar-refractivity contribution in [3.63, 3.8) is 0 Å². The molecule has 1 amide bonds. The van der Waals surface area contributed by atoms with Crippen LogP contribution in [0.1, 0.15) is 373 Å². The van der Waals surface area contributed by atoms with E-state index in [0.717, 1.165) is 32.1 Å². The lowest BCUT2D eigenvalue weighted by molar-refractivity contribution is -0.131. The number of rotatable bonds is 61. The molecule has 0 saturated heterocycles. The molecule has 0 saturated carbocycles. The number of aliphatic hydroxyl groups excluding tert-OH is 3.